The van der Waals surface area contributed by atoms with Gasteiger partial charge in [-0.3, -0.25) is 9.89 Å². The van der Waals surface area contributed by atoms with Gasteiger partial charge in [-0.2, -0.15) is 5.10 Å². The molecular weight excluding hydrogens is 236 g/mol. The van der Waals surface area contributed by atoms with E-state index in [4.69, 9.17) is 0 Å². The van der Waals surface area contributed by atoms with Gasteiger partial charge in [0.1, 0.15) is 6.29 Å². The van der Waals surface area contributed by atoms with Gasteiger partial charge in [0.05, 0.1) is 5.69 Å². The second-order valence-electron chi connectivity index (χ2n) is 4.26. The molecule has 3 nitrogen and oxygen atoms in total. The second kappa shape index (κ2) is 4.90. The van der Waals surface area contributed by atoms with Crippen LogP contribution in [0.4, 0.5) is 0 Å². The molecule has 0 fully saturated rings. The normalized spacial score (nSPS) is 10.3. The van der Waals surface area contributed by atoms with E-state index in [1.54, 1.807) is 6.20 Å². The van der Waals surface area contributed by atoms with Crippen LogP contribution in [0.1, 0.15) is 10.4 Å². The fourth-order valence-corrected chi connectivity index (χ4v) is 2.13. The Morgan fingerprint density at radius 1 is 0.947 bits per heavy atom. The number of hydrogen-bond donors (Lipinski definition) is 1. The number of aldehydes is 1. The summed E-state index contributed by atoms with van der Waals surface area (Å²) in [6, 6.07) is 17.7. The van der Waals surface area contributed by atoms with Crippen LogP contribution in [0.2, 0.25) is 0 Å². The molecule has 2 aromatic carbocycles. The van der Waals surface area contributed by atoms with E-state index >= 15 is 0 Å². The first-order chi connectivity index (χ1) is 9.38. The first-order valence-corrected chi connectivity index (χ1v) is 6.03. The first kappa shape index (κ1) is 11.4. The molecule has 0 spiro atoms. The summed E-state index contributed by atoms with van der Waals surface area (Å²) in [7, 11) is 0. The highest BCUT2D eigenvalue weighted by Crippen LogP contribution is 2.31. The summed E-state index contributed by atoms with van der Waals surface area (Å²) in [5.74, 6) is 0. The summed E-state index contributed by atoms with van der Waals surface area (Å²) in [6.45, 7) is 0. The van der Waals surface area contributed by atoms with Gasteiger partial charge in [0.2, 0.25) is 0 Å². The minimum Gasteiger partial charge on any atom is -0.298 e. The molecule has 0 radical (unpaired) electrons. The maximum Gasteiger partial charge on any atom is 0.150 e. The summed E-state index contributed by atoms with van der Waals surface area (Å²) in [6.07, 6.45) is 2.56. The third kappa shape index (κ3) is 2.18. The molecule has 1 N–H and O–H groups in total. The van der Waals surface area contributed by atoms with Gasteiger partial charge in [-0.05, 0) is 23.3 Å². The van der Waals surface area contributed by atoms with Gasteiger partial charge in [0.15, 0.2) is 0 Å². The quantitative estimate of drug-likeness (QED) is 0.720. The minimum absolute atomic E-state index is 0.657. The molecule has 0 aliphatic carbocycles. The minimum atomic E-state index is 0.657. The lowest BCUT2D eigenvalue weighted by Crippen LogP contribution is -1.89. The Balaban J connectivity index is 2.22. The number of carbonyl (C=O) groups excluding carboxylic acids is 1. The molecule has 1 aromatic heterocycles. The molecule has 0 unspecified atom stereocenters. The molecule has 0 saturated heterocycles. The van der Waals surface area contributed by atoms with Crippen molar-refractivity contribution < 1.29 is 4.79 Å². The number of aromatic nitrogens is 2. The Hall–Kier alpha value is -2.68. The summed E-state index contributed by atoms with van der Waals surface area (Å²) >= 11 is 0. The van der Waals surface area contributed by atoms with Crippen LogP contribution in [-0.2, 0) is 0 Å². The van der Waals surface area contributed by atoms with Crippen LogP contribution in [0.15, 0.2) is 60.8 Å². The van der Waals surface area contributed by atoms with Crippen LogP contribution in [-0.4, -0.2) is 16.5 Å². The van der Waals surface area contributed by atoms with Crippen LogP contribution in [0.25, 0.3) is 22.4 Å². The third-order valence-corrected chi connectivity index (χ3v) is 3.06. The van der Waals surface area contributed by atoms with E-state index in [-0.39, 0.29) is 0 Å². The van der Waals surface area contributed by atoms with Gasteiger partial charge in [0.25, 0.3) is 0 Å². The Kier molecular flexibility index (Phi) is 2.94. The standard InChI is InChI=1S/C16H12N2O/c19-11-12-6-7-14(13-4-2-1-3-5-13)15(10-12)16-8-9-17-18-16/h1-11H,(H,17,18). The molecule has 1 heterocycles. The number of carbonyl (C=O) groups is 1. The van der Waals surface area contributed by atoms with Gasteiger partial charge in [-0.25, -0.2) is 0 Å². The Bertz CT molecular complexity index is 688. The van der Waals surface area contributed by atoms with Crippen LogP contribution in [0.3, 0.4) is 0 Å². The molecule has 0 aliphatic heterocycles. The van der Waals surface area contributed by atoms with Gasteiger partial charge < -0.3 is 0 Å². The molecule has 3 heteroatoms. The lowest BCUT2D eigenvalue weighted by atomic mass is 9.96. The van der Waals surface area contributed by atoms with E-state index in [9.17, 15) is 4.79 Å². The number of hydrogen-bond acceptors (Lipinski definition) is 2. The molecule has 0 bridgehead atoms. The number of H-pyrrole nitrogens is 1. The predicted octanol–water partition coefficient (Wildman–Crippen LogP) is 3.56. The van der Waals surface area contributed by atoms with Crippen molar-refractivity contribution in [1.29, 1.82) is 0 Å². The lowest BCUT2D eigenvalue weighted by Gasteiger charge is -2.09. The summed E-state index contributed by atoms with van der Waals surface area (Å²) in [4.78, 5) is 11.0. The maximum atomic E-state index is 11.0. The molecule has 3 rings (SSSR count). The highest BCUT2D eigenvalue weighted by Gasteiger charge is 2.09. The lowest BCUT2D eigenvalue weighted by molar-refractivity contribution is 0.112. The van der Waals surface area contributed by atoms with Gasteiger partial charge in [-0.1, -0.05) is 42.5 Å². The fourth-order valence-electron chi connectivity index (χ4n) is 2.13. The SMILES string of the molecule is O=Cc1ccc(-c2ccccc2)c(-c2ccn[nH]2)c1. The van der Waals surface area contributed by atoms with Crippen LogP contribution in [0, 0.1) is 0 Å². The maximum absolute atomic E-state index is 11.0. The number of nitrogens with one attached hydrogen (secondary N) is 1. The molecule has 0 aliphatic rings. The van der Waals surface area contributed by atoms with E-state index in [0.717, 1.165) is 28.7 Å². The van der Waals surface area contributed by atoms with Gasteiger partial charge in [0, 0.05) is 17.3 Å². The van der Waals surface area contributed by atoms with Crippen molar-refractivity contribution in [2.45, 2.75) is 0 Å². The zero-order valence-electron chi connectivity index (χ0n) is 10.2. The average Bonchev–Trinajstić information content (AvgIpc) is 3.01. The molecule has 0 atom stereocenters. The van der Waals surface area contributed by atoms with Crippen molar-refractivity contribution >= 4 is 6.29 Å². The Labute approximate surface area is 110 Å². The van der Waals surface area contributed by atoms with E-state index in [2.05, 4.69) is 22.3 Å². The van der Waals surface area contributed by atoms with Gasteiger partial charge >= 0.3 is 0 Å². The molecule has 19 heavy (non-hydrogen) atoms. The third-order valence-electron chi connectivity index (χ3n) is 3.06. The van der Waals surface area contributed by atoms with Gasteiger partial charge in [-0.15, -0.1) is 0 Å². The topological polar surface area (TPSA) is 45.8 Å². The number of rotatable bonds is 3. The average molecular weight is 248 g/mol. The summed E-state index contributed by atoms with van der Waals surface area (Å²) in [5, 5.41) is 6.92. The van der Waals surface area contributed by atoms with E-state index in [1.807, 2.05) is 42.5 Å². The van der Waals surface area contributed by atoms with E-state index in [0.29, 0.717) is 5.56 Å². The van der Waals surface area contributed by atoms with E-state index < -0.39 is 0 Å². The van der Waals surface area contributed by atoms with Crippen LogP contribution < -0.4 is 0 Å². The Morgan fingerprint density at radius 2 is 1.79 bits per heavy atom. The zero-order chi connectivity index (χ0) is 13.1. The van der Waals surface area contributed by atoms with Crippen molar-refractivity contribution in [2.24, 2.45) is 0 Å². The molecule has 3 aromatic rings. The highest BCUT2D eigenvalue weighted by molar-refractivity contribution is 5.87. The Morgan fingerprint density at radius 3 is 2.47 bits per heavy atom. The largest absolute Gasteiger partial charge is 0.298 e. The van der Waals surface area contributed by atoms with Crippen molar-refractivity contribution in [3.63, 3.8) is 0 Å². The zero-order valence-corrected chi connectivity index (χ0v) is 10.2. The fraction of sp³-hybridized carbons (Fsp3) is 0. The van der Waals surface area contributed by atoms with Crippen LogP contribution in [0.5, 0.6) is 0 Å². The second-order valence-corrected chi connectivity index (χ2v) is 4.26. The number of aromatic amines is 1. The molecule has 0 amide bonds. The summed E-state index contributed by atoms with van der Waals surface area (Å²) in [5.41, 5.74) is 4.74. The summed E-state index contributed by atoms with van der Waals surface area (Å²) < 4.78 is 0. The highest BCUT2D eigenvalue weighted by atomic mass is 16.1. The number of nitrogens with zero attached hydrogens (tertiary/aromatic N) is 1. The predicted molar refractivity (Wildman–Crippen MR) is 74.8 cm³/mol. The van der Waals surface area contributed by atoms with E-state index in [1.165, 1.54) is 0 Å². The molecule has 92 valence electrons. The van der Waals surface area contributed by atoms with Crippen molar-refractivity contribution in [2.75, 3.05) is 0 Å². The van der Waals surface area contributed by atoms with Crippen molar-refractivity contribution in [1.82, 2.24) is 10.2 Å². The smallest absolute Gasteiger partial charge is 0.150 e. The van der Waals surface area contributed by atoms with Crippen LogP contribution >= 0.6 is 0 Å². The van der Waals surface area contributed by atoms with Crippen molar-refractivity contribution in [3.8, 4) is 22.4 Å². The molecule has 0 saturated carbocycles. The first-order valence-electron chi connectivity index (χ1n) is 6.03. The van der Waals surface area contributed by atoms with Crippen molar-refractivity contribution in [3.05, 3.63) is 66.4 Å². The monoisotopic (exact) mass is 248 g/mol. The number of benzene rings is 2. The molecular formula is C16H12N2O.